The fourth-order valence-electron chi connectivity index (χ4n) is 1.24. The van der Waals surface area contributed by atoms with Crippen LogP contribution >= 0.6 is 0 Å². The molecule has 4 heteroatoms. The number of hydrogen-bond acceptors (Lipinski definition) is 4. The SMILES string of the molecule is CC(=O)ONC1CCCOC1C. The van der Waals surface area contributed by atoms with Crippen LogP contribution in [0.2, 0.25) is 0 Å². The quantitative estimate of drug-likeness (QED) is 0.622. The lowest BCUT2D eigenvalue weighted by molar-refractivity contribution is -0.154. The molecule has 1 heterocycles. The van der Waals surface area contributed by atoms with Crippen LogP contribution < -0.4 is 5.48 Å². The maximum absolute atomic E-state index is 10.5. The summed E-state index contributed by atoms with van der Waals surface area (Å²) in [5.41, 5.74) is 2.70. The van der Waals surface area contributed by atoms with E-state index in [0.717, 1.165) is 19.4 Å². The number of rotatable bonds is 2. The van der Waals surface area contributed by atoms with Gasteiger partial charge in [0.25, 0.3) is 0 Å². The van der Waals surface area contributed by atoms with Crippen molar-refractivity contribution in [1.29, 1.82) is 0 Å². The highest BCUT2D eigenvalue weighted by molar-refractivity contribution is 5.65. The standard InChI is InChI=1S/C8H15NO3/c1-6-8(4-3-5-11-6)9-12-7(2)10/h6,8-9H,3-5H2,1-2H3. The van der Waals surface area contributed by atoms with Crippen molar-refractivity contribution in [3.63, 3.8) is 0 Å². The first-order valence-corrected chi connectivity index (χ1v) is 4.24. The van der Waals surface area contributed by atoms with Gasteiger partial charge in [-0.2, -0.15) is 0 Å². The second kappa shape index (κ2) is 4.42. The molecule has 1 aliphatic rings. The minimum absolute atomic E-state index is 0.123. The lowest BCUT2D eigenvalue weighted by atomic mass is 10.1. The fourth-order valence-corrected chi connectivity index (χ4v) is 1.24. The highest BCUT2D eigenvalue weighted by Gasteiger charge is 2.22. The molecule has 1 fully saturated rings. The summed E-state index contributed by atoms with van der Waals surface area (Å²) in [4.78, 5) is 15.2. The van der Waals surface area contributed by atoms with E-state index < -0.39 is 0 Å². The Labute approximate surface area is 72.2 Å². The van der Waals surface area contributed by atoms with E-state index in [1.807, 2.05) is 6.92 Å². The summed E-state index contributed by atoms with van der Waals surface area (Å²) < 4.78 is 5.37. The first-order chi connectivity index (χ1) is 5.70. The number of ether oxygens (including phenoxy) is 1. The van der Waals surface area contributed by atoms with Gasteiger partial charge in [-0.05, 0) is 19.8 Å². The van der Waals surface area contributed by atoms with Crippen molar-refractivity contribution in [2.24, 2.45) is 0 Å². The molecule has 0 radical (unpaired) electrons. The number of carbonyl (C=O) groups is 1. The second-order valence-corrected chi connectivity index (χ2v) is 3.04. The first kappa shape index (κ1) is 9.48. The van der Waals surface area contributed by atoms with E-state index in [2.05, 4.69) is 10.3 Å². The number of carbonyl (C=O) groups excluding carboxylic acids is 1. The Morgan fingerprint density at radius 3 is 3.00 bits per heavy atom. The van der Waals surface area contributed by atoms with Crippen molar-refractivity contribution >= 4 is 5.97 Å². The van der Waals surface area contributed by atoms with Crippen LogP contribution in [0, 0.1) is 0 Å². The van der Waals surface area contributed by atoms with Crippen molar-refractivity contribution in [3.8, 4) is 0 Å². The molecule has 0 aromatic carbocycles. The highest BCUT2D eigenvalue weighted by atomic mass is 16.7. The molecule has 0 spiro atoms. The summed E-state index contributed by atoms with van der Waals surface area (Å²) in [6, 6.07) is 0.141. The molecule has 0 aliphatic carbocycles. The van der Waals surface area contributed by atoms with Gasteiger partial charge in [-0.15, -0.1) is 5.48 Å². The molecule has 1 N–H and O–H groups in total. The van der Waals surface area contributed by atoms with Gasteiger partial charge < -0.3 is 9.57 Å². The normalized spacial score (nSPS) is 29.8. The molecule has 4 nitrogen and oxygen atoms in total. The van der Waals surface area contributed by atoms with Crippen LogP contribution in [-0.4, -0.2) is 24.7 Å². The number of hydrogen-bond donors (Lipinski definition) is 1. The molecule has 1 aliphatic heterocycles. The molecule has 70 valence electrons. The number of nitrogens with one attached hydrogen (secondary N) is 1. The minimum atomic E-state index is -0.312. The van der Waals surface area contributed by atoms with Gasteiger partial charge in [0.2, 0.25) is 0 Å². The average molecular weight is 173 g/mol. The van der Waals surface area contributed by atoms with Crippen LogP contribution in [0.3, 0.4) is 0 Å². The van der Waals surface area contributed by atoms with Crippen molar-refractivity contribution < 1.29 is 14.4 Å². The predicted molar refractivity (Wildman–Crippen MR) is 43.3 cm³/mol. The molecule has 1 saturated heterocycles. The van der Waals surface area contributed by atoms with E-state index in [4.69, 9.17) is 4.74 Å². The summed E-state index contributed by atoms with van der Waals surface area (Å²) in [6.45, 7) is 4.15. The molecular formula is C8H15NO3. The zero-order valence-corrected chi connectivity index (χ0v) is 7.50. The minimum Gasteiger partial charge on any atom is -0.377 e. The molecule has 0 aromatic rings. The van der Waals surface area contributed by atoms with Crippen molar-refractivity contribution in [3.05, 3.63) is 0 Å². The van der Waals surface area contributed by atoms with Crippen molar-refractivity contribution in [2.75, 3.05) is 6.61 Å². The van der Waals surface area contributed by atoms with Gasteiger partial charge in [0.1, 0.15) is 0 Å². The molecule has 0 saturated carbocycles. The lowest BCUT2D eigenvalue weighted by Gasteiger charge is -2.28. The summed E-state index contributed by atoms with van der Waals surface area (Å²) in [5, 5.41) is 0. The third kappa shape index (κ3) is 2.79. The van der Waals surface area contributed by atoms with Crippen molar-refractivity contribution in [2.45, 2.75) is 38.8 Å². The van der Waals surface area contributed by atoms with E-state index >= 15 is 0 Å². The lowest BCUT2D eigenvalue weighted by Crippen LogP contribution is -2.43. The molecule has 2 atom stereocenters. The van der Waals surface area contributed by atoms with Gasteiger partial charge in [-0.3, -0.25) is 4.79 Å². The van der Waals surface area contributed by atoms with Gasteiger partial charge in [-0.25, -0.2) is 0 Å². The molecule has 0 bridgehead atoms. The van der Waals surface area contributed by atoms with Gasteiger partial charge >= 0.3 is 5.97 Å². The number of hydroxylamine groups is 1. The predicted octanol–water partition coefficient (Wildman–Crippen LogP) is 0.622. The van der Waals surface area contributed by atoms with Gasteiger partial charge in [-0.1, -0.05) is 0 Å². The summed E-state index contributed by atoms with van der Waals surface area (Å²) >= 11 is 0. The monoisotopic (exact) mass is 173 g/mol. The Bertz CT molecular complexity index is 160. The van der Waals surface area contributed by atoms with Crippen LogP contribution in [-0.2, 0) is 14.4 Å². The Balaban J connectivity index is 2.24. The van der Waals surface area contributed by atoms with E-state index in [0.29, 0.717) is 0 Å². The van der Waals surface area contributed by atoms with Crippen LogP contribution in [0.5, 0.6) is 0 Å². The Morgan fingerprint density at radius 2 is 2.42 bits per heavy atom. The summed E-state index contributed by atoms with van der Waals surface area (Å²) in [7, 11) is 0. The summed E-state index contributed by atoms with van der Waals surface area (Å²) in [6.07, 6.45) is 2.13. The zero-order valence-electron chi connectivity index (χ0n) is 7.50. The average Bonchev–Trinajstić information content (AvgIpc) is 2.03. The Hall–Kier alpha value is -0.610. The maximum Gasteiger partial charge on any atom is 0.321 e. The molecule has 0 amide bonds. The highest BCUT2D eigenvalue weighted by Crippen LogP contribution is 2.12. The topological polar surface area (TPSA) is 47.6 Å². The van der Waals surface area contributed by atoms with Crippen LogP contribution in [0.15, 0.2) is 0 Å². The molecule has 12 heavy (non-hydrogen) atoms. The molecule has 0 aromatic heterocycles. The van der Waals surface area contributed by atoms with Crippen LogP contribution in [0.1, 0.15) is 26.7 Å². The Kier molecular flexibility index (Phi) is 3.49. The van der Waals surface area contributed by atoms with Gasteiger partial charge in [0.15, 0.2) is 0 Å². The van der Waals surface area contributed by atoms with Gasteiger partial charge in [0, 0.05) is 13.5 Å². The smallest absolute Gasteiger partial charge is 0.321 e. The summed E-state index contributed by atoms with van der Waals surface area (Å²) in [5.74, 6) is -0.312. The van der Waals surface area contributed by atoms with E-state index in [1.54, 1.807) is 0 Å². The molecule has 2 unspecified atom stereocenters. The third-order valence-electron chi connectivity index (χ3n) is 1.96. The largest absolute Gasteiger partial charge is 0.377 e. The second-order valence-electron chi connectivity index (χ2n) is 3.04. The molecule has 1 rings (SSSR count). The van der Waals surface area contributed by atoms with E-state index in [9.17, 15) is 4.79 Å². The van der Waals surface area contributed by atoms with E-state index in [1.165, 1.54) is 6.92 Å². The Morgan fingerprint density at radius 1 is 1.67 bits per heavy atom. The van der Waals surface area contributed by atoms with E-state index in [-0.39, 0.29) is 18.1 Å². The molecular weight excluding hydrogens is 158 g/mol. The van der Waals surface area contributed by atoms with Crippen molar-refractivity contribution in [1.82, 2.24) is 5.48 Å². The fraction of sp³-hybridized carbons (Fsp3) is 0.875. The van der Waals surface area contributed by atoms with Gasteiger partial charge in [0.05, 0.1) is 12.1 Å². The zero-order chi connectivity index (χ0) is 8.97. The maximum atomic E-state index is 10.5. The first-order valence-electron chi connectivity index (χ1n) is 4.24. The third-order valence-corrected chi connectivity index (χ3v) is 1.96. The van der Waals surface area contributed by atoms with Crippen LogP contribution in [0.4, 0.5) is 0 Å². The van der Waals surface area contributed by atoms with Crippen LogP contribution in [0.25, 0.3) is 0 Å².